The predicted molar refractivity (Wildman–Crippen MR) is 62.2 cm³/mol. The van der Waals surface area contributed by atoms with Gasteiger partial charge in [0.1, 0.15) is 16.6 Å². The first kappa shape index (κ1) is 12.6. The monoisotopic (exact) mass is 243 g/mol. The van der Waals surface area contributed by atoms with Gasteiger partial charge in [0.25, 0.3) is 0 Å². The van der Waals surface area contributed by atoms with Gasteiger partial charge in [0, 0.05) is 0 Å². The van der Waals surface area contributed by atoms with E-state index in [2.05, 4.69) is 15.8 Å². The number of carbonyl (C=O) groups is 1. The lowest BCUT2D eigenvalue weighted by molar-refractivity contribution is 0.0541. The van der Waals surface area contributed by atoms with Crippen LogP contribution < -0.4 is 10.9 Å². The Morgan fingerprint density at radius 3 is 2.69 bits per heavy atom. The average Bonchev–Trinajstić information content (AvgIpc) is 2.12. The van der Waals surface area contributed by atoms with Crippen LogP contribution in [0.15, 0.2) is 18.2 Å². The molecule has 0 spiro atoms. The fourth-order valence-electron chi connectivity index (χ4n) is 0.897. The molecule has 0 radical (unpaired) electrons. The summed E-state index contributed by atoms with van der Waals surface area (Å²) in [6.07, 6.45) is -0.575. The summed E-state index contributed by atoms with van der Waals surface area (Å²) < 4.78 is 5.02. The number of nitrogens with zero attached hydrogens (tertiary/aromatic N) is 1. The molecule has 6 heteroatoms. The normalized spacial score (nSPS) is 10.8. The quantitative estimate of drug-likeness (QED) is 0.619. The van der Waals surface area contributed by atoms with Crippen LogP contribution in [-0.4, -0.2) is 16.7 Å². The molecule has 1 rings (SSSR count). The topological polar surface area (TPSA) is 63.2 Å². The summed E-state index contributed by atoms with van der Waals surface area (Å²) in [5.41, 5.74) is 4.40. The number of hydrazine groups is 1. The number of rotatable bonds is 2. The molecule has 88 valence electrons. The molecule has 1 heterocycles. The SMILES string of the molecule is CC(C)(C)OC(=O)NNc1cccc(Cl)n1. The summed E-state index contributed by atoms with van der Waals surface area (Å²) in [7, 11) is 0. The lowest BCUT2D eigenvalue weighted by atomic mass is 10.2. The highest BCUT2D eigenvalue weighted by molar-refractivity contribution is 6.29. The summed E-state index contributed by atoms with van der Waals surface area (Å²) in [4.78, 5) is 15.2. The third-order valence-corrected chi connectivity index (χ3v) is 1.62. The van der Waals surface area contributed by atoms with E-state index >= 15 is 0 Å². The number of halogens is 1. The lowest BCUT2D eigenvalue weighted by Crippen LogP contribution is -2.36. The summed E-state index contributed by atoms with van der Waals surface area (Å²) in [5, 5.41) is 0.344. The van der Waals surface area contributed by atoms with Crippen molar-refractivity contribution in [2.45, 2.75) is 26.4 Å². The number of carbonyl (C=O) groups excluding carboxylic acids is 1. The molecule has 0 aliphatic rings. The minimum absolute atomic E-state index is 0.344. The van der Waals surface area contributed by atoms with E-state index < -0.39 is 11.7 Å². The second kappa shape index (κ2) is 5.03. The van der Waals surface area contributed by atoms with Crippen LogP contribution in [0.4, 0.5) is 10.6 Å². The molecule has 16 heavy (non-hydrogen) atoms. The number of amides is 1. The second-order valence-electron chi connectivity index (χ2n) is 4.10. The standard InChI is InChI=1S/C10H14ClN3O2/c1-10(2,3)16-9(15)14-13-8-6-4-5-7(11)12-8/h4-6H,1-3H3,(H,12,13)(H,14,15). The number of hydrogen-bond acceptors (Lipinski definition) is 4. The summed E-state index contributed by atoms with van der Waals surface area (Å²) in [5.74, 6) is 0.443. The Labute approximate surface area is 99.1 Å². The molecule has 2 N–H and O–H groups in total. The van der Waals surface area contributed by atoms with Gasteiger partial charge < -0.3 is 4.74 Å². The van der Waals surface area contributed by atoms with Crippen molar-refractivity contribution >= 4 is 23.5 Å². The Morgan fingerprint density at radius 2 is 2.12 bits per heavy atom. The van der Waals surface area contributed by atoms with Crippen molar-refractivity contribution in [2.24, 2.45) is 0 Å². The van der Waals surface area contributed by atoms with Crippen LogP contribution in [0, 0.1) is 0 Å². The van der Waals surface area contributed by atoms with Gasteiger partial charge in [-0.1, -0.05) is 17.7 Å². The Bertz CT molecular complexity index is 377. The van der Waals surface area contributed by atoms with Crippen molar-refractivity contribution in [1.29, 1.82) is 0 Å². The van der Waals surface area contributed by atoms with Crippen LogP contribution in [-0.2, 0) is 4.74 Å². The Hall–Kier alpha value is -1.49. The molecule has 0 saturated heterocycles. The van der Waals surface area contributed by atoms with Crippen molar-refractivity contribution in [3.8, 4) is 0 Å². The Kier molecular flexibility index (Phi) is 3.95. The van der Waals surface area contributed by atoms with Gasteiger partial charge in [-0.15, -0.1) is 0 Å². The highest BCUT2D eigenvalue weighted by Gasteiger charge is 2.15. The van der Waals surface area contributed by atoms with Crippen molar-refractivity contribution in [3.05, 3.63) is 23.4 Å². The highest BCUT2D eigenvalue weighted by Crippen LogP contribution is 2.09. The van der Waals surface area contributed by atoms with Gasteiger partial charge in [0.15, 0.2) is 0 Å². The molecular weight excluding hydrogens is 230 g/mol. The summed E-state index contributed by atoms with van der Waals surface area (Å²) in [6.45, 7) is 5.35. The van der Waals surface area contributed by atoms with Gasteiger partial charge in [0.05, 0.1) is 0 Å². The van der Waals surface area contributed by atoms with Gasteiger partial charge in [0.2, 0.25) is 0 Å². The molecule has 1 amide bonds. The smallest absolute Gasteiger partial charge is 0.426 e. The van der Waals surface area contributed by atoms with E-state index in [1.54, 1.807) is 39.0 Å². The number of anilines is 1. The maximum Gasteiger partial charge on any atom is 0.426 e. The van der Waals surface area contributed by atoms with E-state index in [4.69, 9.17) is 16.3 Å². The van der Waals surface area contributed by atoms with Crippen LogP contribution in [0.3, 0.4) is 0 Å². The van der Waals surface area contributed by atoms with Gasteiger partial charge in [-0.05, 0) is 32.9 Å². The number of hydrogen-bond donors (Lipinski definition) is 2. The van der Waals surface area contributed by atoms with Crippen molar-refractivity contribution in [1.82, 2.24) is 10.4 Å². The third-order valence-electron chi connectivity index (χ3n) is 1.41. The molecule has 0 fully saturated rings. The second-order valence-corrected chi connectivity index (χ2v) is 4.48. The number of nitrogens with one attached hydrogen (secondary N) is 2. The molecule has 0 bridgehead atoms. The fourth-order valence-corrected chi connectivity index (χ4v) is 1.06. The van der Waals surface area contributed by atoms with Crippen molar-refractivity contribution in [2.75, 3.05) is 5.43 Å². The van der Waals surface area contributed by atoms with E-state index in [1.165, 1.54) is 0 Å². The molecule has 0 aromatic carbocycles. The molecule has 1 aromatic heterocycles. The molecule has 5 nitrogen and oxygen atoms in total. The zero-order valence-electron chi connectivity index (χ0n) is 9.37. The minimum Gasteiger partial charge on any atom is -0.443 e. The van der Waals surface area contributed by atoms with Gasteiger partial charge >= 0.3 is 6.09 Å². The Balaban J connectivity index is 2.43. The van der Waals surface area contributed by atoms with Crippen LogP contribution >= 0.6 is 11.6 Å². The van der Waals surface area contributed by atoms with Gasteiger partial charge in [-0.3, -0.25) is 5.43 Å². The van der Waals surface area contributed by atoms with E-state index in [9.17, 15) is 4.79 Å². The number of ether oxygens (including phenoxy) is 1. The molecule has 0 aliphatic heterocycles. The van der Waals surface area contributed by atoms with Crippen LogP contribution in [0.25, 0.3) is 0 Å². The zero-order valence-corrected chi connectivity index (χ0v) is 10.1. The fraction of sp³-hybridized carbons (Fsp3) is 0.400. The predicted octanol–water partition coefficient (Wildman–Crippen LogP) is 2.59. The van der Waals surface area contributed by atoms with E-state index in [1.807, 2.05) is 0 Å². The molecule has 0 aliphatic carbocycles. The van der Waals surface area contributed by atoms with E-state index in [0.717, 1.165) is 0 Å². The first-order valence-electron chi connectivity index (χ1n) is 4.74. The third kappa shape index (κ3) is 4.84. The molecule has 1 aromatic rings. The lowest BCUT2D eigenvalue weighted by Gasteiger charge is -2.19. The molecule has 0 saturated carbocycles. The van der Waals surface area contributed by atoms with E-state index in [-0.39, 0.29) is 0 Å². The van der Waals surface area contributed by atoms with Crippen molar-refractivity contribution < 1.29 is 9.53 Å². The van der Waals surface area contributed by atoms with Gasteiger partial charge in [-0.25, -0.2) is 15.2 Å². The zero-order chi connectivity index (χ0) is 12.2. The first-order valence-corrected chi connectivity index (χ1v) is 5.12. The first-order chi connectivity index (χ1) is 7.37. The molecular formula is C10H14ClN3O2. The number of pyridine rings is 1. The maximum atomic E-state index is 11.3. The largest absolute Gasteiger partial charge is 0.443 e. The minimum atomic E-state index is -0.575. The molecule has 0 unspecified atom stereocenters. The maximum absolute atomic E-state index is 11.3. The van der Waals surface area contributed by atoms with Gasteiger partial charge in [-0.2, -0.15) is 0 Å². The van der Waals surface area contributed by atoms with E-state index in [0.29, 0.717) is 11.0 Å². The van der Waals surface area contributed by atoms with Crippen LogP contribution in [0.5, 0.6) is 0 Å². The van der Waals surface area contributed by atoms with Crippen molar-refractivity contribution in [3.63, 3.8) is 0 Å². The van der Waals surface area contributed by atoms with Crippen LogP contribution in [0.2, 0.25) is 5.15 Å². The van der Waals surface area contributed by atoms with Crippen LogP contribution in [0.1, 0.15) is 20.8 Å². The highest BCUT2D eigenvalue weighted by atomic mass is 35.5. The Morgan fingerprint density at radius 1 is 1.44 bits per heavy atom. The molecule has 0 atom stereocenters. The average molecular weight is 244 g/mol. The summed E-state index contributed by atoms with van der Waals surface area (Å²) >= 11 is 5.67. The summed E-state index contributed by atoms with van der Waals surface area (Å²) in [6, 6.07) is 5.03. The number of aromatic nitrogens is 1.